The molecule has 1 atom stereocenters. The lowest BCUT2D eigenvalue weighted by Gasteiger charge is -2.33. The van der Waals surface area contributed by atoms with Crippen molar-refractivity contribution < 1.29 is 9.13 Å². The first-order valence-corrected chi connectivity index (χ1v) is 6.67. The van der Waals surface area contributed by atoms with Crippen LogP contribution in [0.25, 0.3) is 0 Å². The minimum absolute atomic E-state index is 0.193. The zero-order chi connectivity index (χ0) is 12.3. The summed E-state index contributed by atoms with van der Waals surface area (Å²) in [6, 6.07) is 1.45. The van der Waals surface area contributed by atoms with E-state index in [0.29, 0.717) is 16.9 Å². The van der Waals surface area contributed by atoms with Crippen LogP contribution in [0.3, 0.4) is 0 Å². The van der Waals surface area contributed by atoms with Gasteiger partial charge in [-0.15, -0.1) is 0 Å². The first-order valence-electron chi connectivity index (χ1n) is 5.88. The van der Waals surface area contributed by atoms with Gasteiger partial charge in [-0.3, -0.25) is 0 Å². The van der Waals surface area contributed by atoms with Crippen molar-refractivity contribution in [3.63, 3.8) is 0 Å². The van der Waals surface area contributed by atoms with Crippen LogP contribution < -0.4 is 4.90 Å². The van der Waals surface area contributed by atoms with E-state index in [4.69, 9.17) is 4.74 Å². The third kappa shape index (κ3) is 3.16. The van der Waals surface area contributed by atoms with Crippen molar-refractivity contribution in [1.29, 1.82) is 0 Å². The van der Waals surface area contributed by atoms with Gasteiger partial charge in [0.2, 0.25) is 0 Å². The van der Waals surface area contributed by atoms with Gasteiger partial charge in [0.15, 0.2) is 11.6 Å². The standard InChI is InChI=1S/C12H16BrFN2O/c1-2-17-10-4-3-5-16(8-10)12-11(14)6-9(13)7-15-12/h6-7,10H,2-5,8H2,1H3. The molecular weight excluding hydrogens is 287 g/mol. The van der Waals surface area contributed by atoms with Crippen molar-refractivity contribution in [1.82, 2.24) is 4.98 Å². The monoisotopic (exact) mass is 302 g/mol. The number of nitrogens with zero attached hydrogens (tertiary/aromatic N) is 2. The zero-order valence-corrected chi connectivity index (χ0v) is 11.4. The summed E-state index contributed by atoms with van der Waals surface area (Å²) in [7, 11) is 0. The predicted octanol–water partition coefficient (Wildman–Crippen LogP) is 2.99. The fraction of sp³-hybridized carbons (Fsp3) is 0.583. The molecule has 1 aliphatic heterocycles. The molecule has 1 saturated heterocycles. The molecule has 5 heteroatoms. The van der Waals surface area contributed by atoms with Crippen LogP contribution in [0.5, 0.6) is 0 Å². The van der Waals surface area contributed by atoms with Crippen molar-refractivity contribution in [2.45, 2.75) is 25.9 Å². The van der Waals surface area contributed by atoms with Crippen LogP contribution in [0.1, 0.15) is 19.8 Å². The SMILES string of the molecule is CCOC1CCCN(c2ncc(Br)cc2F)C1. The van der Waals surface area contributed by atoms with Crippen molar-refractivity contribution in [3.05, 3.63) is 22.6 Å². The van der Waals surface area contributed by atoms with E-state index in [2.05, 4.69) is 20.9 Å². The number of hydrogen-bond donors (Lipinski definition) is 0. The molecule has 0 aliphatic carbocycles. The zero-order valence-electron chi connectivity index (χ0n) is 9.83. The fourth-order valence-corrected chi connectivity index (χ4v) is 2.45. The Morgan fingerprint density at radius 3 is 3.18 bits per heavy atom. The molecule has 0 spiro atoms. The molecule has 17 heavy (non-hydrogen) atoms. The first-order chi connectivity index (χ1) is 8.20. The predicted molar refractivity (Wildman–Crippen MR) is 68.8 cm³/mol. The fourth-order valence-electron chi connectivity index (χ4n) is 2.14. The summed E-state index contributed by atoms with van der Waals surface area (Å²) < 4.78 is 20.0. The first kappa shape index (κ1) is 12.8. The van der Waals surface area contributed by atoms with Crippen LogP contribution >= 0.6 is 15.9 Å². The normalized spacial score (nSPS) is 20.6. The lowest BCUT2D eigenvalue weighted by molar-refractivity contribution is 0.0524. The lowest BCUT2D eigenvalue weighted by Crippen LogP contribution is -2.40. The van der Waals surface area contributed by atoms with Gasteiger partial charge in [-0.1, -0.05) is 0 Å². The average molecular weight is 303 g/mol. The Morgan fingerprint density at radius 2 is 2.47 bits per heavy atom. The second kappa shape index (κ2) is 5.78. The Kier molecular flexibility index (Phi) is 4.34. The number of piperidine rings is 1. The topological polar surface area (TPSA) is 25.4 Å². The maximum Gasteiger partial charge on any atom is 0.166 e. The van der Waals surface area contributed by atoms with Crippen LogP contribution in [0.4, 0.5) is 10.2 Å². The molecule has 0 bridgehead atoms. The molecular formula is C12H16BrFN2O. The summed E-state index contributed by atoms with van der Waals surface area (Å²) in [5, 5.41) is 0. The van der Waals surface area contributed by atoms with Crippen molar-refractivity contribution >= 4 is 21.7 Å². The Bertz CT molecular complexity index is 387. The number of hydrogen-bond acceptors (Lipinski definition) is 3. The van der Waals surface area contributed by atoms with Gasteiger partial charge in [0.25, 0.3) is 0 Å². The summed E-state index contributed by atoms with van der Waals surface area (Å²) in [5.74, 6) is 0.147. The molecule has 0 saturated carbocycles. The molecule has 94 valence electrons. The maximum atomic E-state index is 13.8. The second-order valence-corrected chi connectivity index (χ2v) is 5.04. The molecule has 1 aromatic rings. The van der Waals surface area contributed by atoms with Crippen LogP contribution in [-0.2, 0) is 4.74 Å². The van der Waals surface area contributed by atoms with Gasteiger partial charge in [0.1, 0.15) is 0 Å². The van der Waals surface area contributed by atoms with Gasteiger partial charge in [0.05, 0.1) is 6.10 Å². The van der Waals surface area contributed by atoms with E-state index in [-0.39, 0.29) is 11.9 Å². The molecule has 3 nitrogen and oxygen atoms in total. The molecule has 0 radical (unpaired) electrons. The van der Waals surface area contributed by atoms with E-state index in [0.717, 1.165) is 25.9 Å². The molecule has 1 aliphatic rings. The number of aromatic nitrogens is 1. The maximum absolute atomic E-state index is 13.8. The largest absolute Gasteiger partial charge is 0.377 e. The summed E-state index contributed by atoms with van der Waals surface area (Å²) in [4.78, 5) is 6.11. The van der Waals surface area contributed by atoms with Gasteiger partial charge in [-0.2, -0.15) is 0 Å². The van der Waals surface area contributed by atoms with Crippen LogP contribution in [-0.4, -0.2) is 30.8 Å². The molecule has 1 unspecified atom stereocenters. The smallest absolute Gasteiger partial charge is 0.166 e. The Hall–Kier alpha value is -0.680. The highest BCUT2D eigenvalue weighted by Crippen LogP contribution is 2.24. The quantitative estimate of drug-likeness (QED) is 0.858. The van der Waals surface area contributed by atoms with Crippen molar-refractivity contribution in [2.75, 3.05) is 24.6 Å². The van der Waals surface area contributed by atoms with Crippen molar-refractivity contribution in [3.8, 4) is 0 Å². The minimum Gasteiger partial charge on any atom is -0.377 e. The molecule has 0 N–H and O–H groups in total. The molecule has 1 aromatic heterocycles. The van der Waals surface area contributed by atoms with Crippen LogP contribution in [0, 0.1) is 5.82 Å². The van der Waals surface area contributed by atoms with Gasteiger partial charge >= 0.3 is 0 Å². The molecule has 1 fully saturated rings. The Labute approximate surface area is 109 Å². The second-order valence-electron chi connectivity index (χ2n) is 4.12. The summed E-state index contributed by atoms with van der Waals surface area (Å²) in [6.07, 6.45) is 3.88. The van der Waals surface area contributed by atoms with Crippen LogP contribution in [0.15, 0.2) is 16.7 Å². The lowest BCUT2D eigenvalue weighted by atomic mass is 10.1. The van der Waals surface area contributed by atoms with E-state index >= 15 is 0 Å². The molecule has 2 heterocycles. The summed E-state index contributed by atoms with van der Waals surface area (Å²) in [5.41, 5.74) is 0. The molecule has 0 aromatic carbocycles. The van der Waals surface area contributed by atoms with E-state index in [1.807, 2.05) is 11.8 Å². The van der Waals surface area contributed by atoms with E-state index < -0.39 is 0 Å². The number of rotatable bonds is 3. The Morgan fingerprint density at radius 1 is 1.65 bits per heavy atom. The van der Waals surface area contributed by atoms with Crippen LogP contribution in [0.2, 0.25) is 0 Å². The van der Waals surface area contributed by atoms with Gasteiger partial charge in [-0.05, 0) is 41.8 Å². The van der Waals surface area contributed by atoms with E-state index in [1.165, 1.54) is 6.07 Å². The number of ether oxygens (including phenoxy) is 1. The highest BCUT2D eigenvalue weighted by atomic mass is 79.9. The summed E-state index contributed by atoms with van der Waals surface area (Å²) >= 11 is 3.21. The molecule has 0 amide bonds. The van der Waals surface area contributed by atoms with Gasteiger partial charge < -0.3 is 9.64 Å². The molecule has 2 rings (SSSR count). The number of halogens is 2. The number of pyridine rings is 1. The minimum atomic E-state index is -0.281. The van der Waals surface area contributed by atoms with E-state index in [1.54, 1.807) is 6.20 Å². The highest BCUT2D eigenvalue weighted by molar-refractivity contribution is 9.10. The third-order valence-corrected chi connectivity index (χ3v) is 3.30. The van der Waals surface area contributed by atoms with E-state index in [9.17, 15) is 4.39 Å². The summed E-state index contributed by atoms with van der Waals surface area (Å²) in [6.45, 7) is 4.25. The highest BCUT2D eigenvalue weighted by Gasteiger charge is 2.23. The van der Waals surface area contributed by atoms with Gasteiger partial charge in [-0.25, -0.2) is 9.37 Å². The average Bonchev–Trinajstić information content (AvgIpc) is 2.29. The third-order valence-electron chi connectivity index (χ3n) is 2.87. The van der Waals surface area contributed by atoms with Gasteiger partial charge in [0, 0.05) is 30.4 Å². The number of anilines is 1. The Balaban J connectivity index is 2.10. The van der Waals surface area contributed by atoms with Crippen molar-refractivity contribution in [2.24, 2.45) is 0 Å².